The summed E-state index contributed by atoms with van der Waals surface area (Å²) in [5.74, 6) is -2.34. The number of hydrogen-bond acceptors (Lipinski definition) is 5. The van der Waals surface area contributed by atoms with E-state index in [1.807, 2.05) is 6.92 Å². The van der Waals surface area contributed by atoms with Gasteiger partial charge >= 0.3 is 0 Å². The van der Waals surface area contributed by atoms with Crippen molar-refractivity contribution in [2.45, 2.75) is 32.5 Å². The Labute approximate surface area is 170 Å². The van der Waals surface area contributed by atoms with Crippen LogP contribution in [-0.2, 0) is 17.9 Å². The molecule has 1 atom stereocenters. The lowest BCUT2D eigenvalue weighted by Gasteiger charge is -2.19. The van der Waals surface area contributed by atoms with Gasteiger partial charge in [0.2, 0.25) is 5.82 Å². The summed E-state index contributed by atoms with van der Waals surface area (Å²) >= 11 is 0. The summed E-state index contributed by atoms with van der Waals surface area (Å²) in [5.41, 5.74) is 0.883. The highest BCUT2D eigenvalue weighted by atomic mass is 19.2. The predicted molar refractivity (Wildman–Crippen MR) is 102 cm³/mol. The lowest BCUT2D eigenvalue weighted by atomic mass is 10.2. The smallest absolute Gasteiger partial charge is 0.291 e. The first kappa shape index (κ1) is 19.7. The van der Waals surface area contributed by atoms with Gasteiger partial charge in [0, 0.05) is 25.2 Å². The van der Waals surface area contributed by atoms with E-state index in [2.05, 4.69) is 20.5 Å². The molecule has 156 valence electrons. The second-order valence-corrected chi connectivity index (χ2v) is 7.06. The van der Waals surface area contributed by atoms with Gasteiger partial charge in [0.25, 0.3) is 11.8 Å². The minimum Gasteiger partial charge on any atom is -0.337 e. The van der Waals surface area contributed by atoms with Crippen molar-refractivity contribution in [3.63, 3.8) is 0 Å². The van der Waals surface area contributed by atoms with Crippen LogP contribution in [0, 0.1) is 18.6 Å². The molecular weight excluding hydrogens is 396 g/mol. The van der Waals surface area contributed by atoms with Gasteiger partial charge < -0.3 is 5.32 Å². The molecule has 3 heterocycles. The summed E-state index contributed by atoms with van der Waals surface area (Å²) in [5, 5.41) is 11.0. The second kappa shape index (κ2) is 7.65. The van der Waals surface area contributed by atoms with Gasteiger partial charge in [0.15, 0.2) is 11.6 Å². The molecule has 2 aromatic heterocycles. The molecule has 30 heavy (non-hydrogen) atoms. The molecule has 1 aromatic carbocycles. The van der Waals surface area contributed by atoms with E-state index < -0.39 is 23.6 Å². The molecule has 11 heteroatoms. The monoisotopic (exact) mass is 415 g/mol. The standard InChI is InChI=1S/C19H19F2N7O2/c1-11-8-15-26(2)19(30)14(6-7-28(15)24-11)23-18(29)17-22-10-27(25-17)9-12-4-3-5-13(20)16(12)21/h3-5,8,10,14H,6-7,9H2,1-2H3,(H,23,29)/t14-/m0/s1. The molecule has 0 saturated carbocycles. The minimum absolute atomic E-state index is 0.0807. The van der Waals surface area contributed by atoms with Gasteiger partial charge in [0.05, 0.1) is 12.2 Å². The van der Waals surface area contributed by atoms with Crippen LogP contribution in [0.1, 0.15) is 28.3 Å². The van der Waals surface area contributed by atoms with Crippen molar-refractivity contribution in [2.75, 3.05) is 11.9 Å². The van der Waals surface area contributed by atoms with Gasteiger partial charge in [-0.25, -0.2) is 23.1 Å². The topological polar surface area (TPSA) is 97.9 Å². The number of aryl methyl sites for hydroxylation is 2. The van der Waals surface area contributed by atoms with Gasteiger partial charge in [-0.3, -0.25) is 14.5 Å². The number of nitrogens with one attached hydrogen (secondary N) is 1. The molecule has 0 spiro atoms. The Morgan fingerprint density at radius 3 is 2.90 bits per heavy atom. The highest BCUT2D eigenvalue weighted by Crippen LogP contribution is 2.21. The molecule has 0 unspecified atom stereocenters. The Hall–Kier alpha value is -3.63. The fourth-order valence-corrected chi connectivity index (χ4v) is 3.36. The normalized spacial score (nSPS) is 16.3. The molecular formula is C19H19F2N7O2. The van der Waals surface area contributed by atoms with Crippen LogP contribution in [0.15, 0.2) is 30.6 Å². The number of carbonyl (C=O) groups excluding carboxylic acids is 2. The highest BCUT2D eigenvalue weighted by Gasteiger charge is 2.31. The van der Waals surface area contributed by atoms with Crippen molar-refractivity contribution in [1.82, 2.24) is 29.9 Å². The molecule has 0 fully saturated rings. The maximum Gasteiger partial charge on any atom is 0.291 e. The molecule has 3 aromatic rings. The molecule has 0 saturated heterocycles. The molecule has 9 nitrogen and oxygen atoms in total. The average Bonchev–Trinajstić information content (AvgIpc) is 3.31. The Balaban J connectivity index is 1.45. The summed E-state index contributed by atoms with van der Waals surface area (Å²) < 4.78 is 30.1. The Morgan fingerprint density at radius 2 is 2.10 bits per heavy atom. The van der Waals surface area contributed by atoms with Crippen LogP contribution >= 0.6 is 0 Å². The van der Waals surface area contributed by atoms with E-state index in [0.29, 0.717) is 18.8 Å². The first-order chi connectivity index (χ1) is 14.3. The van der Waals surface area contributed by atoms with E-state index in [1.165, 1.54) is 28.0 Å². The van der Waals surface area contributed by atoms with Gasteiger partial charge in [-0.2, -0.15) is 5.10 Å². The number of benzene rings is 1. The van der Waals surface area contributed by atoms with Crippen LogP contribution in [0.25, 0.3) is 0 Å². The first-order valence-corrected chi connectivity index (χ1v) is 9.28. The van der Waals surface area contributed by atoms with Gasteiger partial charge in [0.1, 0.15) is 18.2 Å². The Bertz CT molecular complexity index is 1120. The summed E-state index contributed by atoms with van der Waals surface area (Å²) in [6.45, 7) is 2.22. The van der Waals surface area contributed by atoms with Gasteiger partial charge in [-0.1, -0.05) is 12.1 Å². The highest BCUT2D eigenvalue weighted by molar-refractivity contribution is 6.00. The third kappa shape index (κ3) is 3.65. The number of rotatable bonds is 4. The van der Waals surface area contributed by atoms with Crippen molar-refractivity contribution >= 4 is 17.6 Å². The number of halogens is 2. The molecule has 0 bridgehead atoms. The van der Waals surface area contributed by atoms with E-state index in [0.717, 1.165) is 11.8 Å². The quantitative estimate of drug-likeness (QED) is 0.692. The first-order valence-electron chi connectivity index (χ1n) is 9.28. The van der Waals surface area contributed by atoms with Crippen LogP contribution < -0.4 is 10.2 Å². The van der Waals surface area contributed by atoms with Gasteiger partial charge in [-0.05, 0) is 19.4 Å². The largest absolute Gasteiger partial charge is 0.337 e. The maximum atomic E-state index is 13.8. The summed E-state index contributed by atoms with van der Waals surface area (Å²) in [6, 6.07) is 4.87. The van der Waals surface area contributed by atoms with Crippen LogP contribution in [0.4, 0.5) is 14.6 Å². The van der Waals surface area contributed by atoms with E-state index in [-0.39, 0.29) is 23.8 Å². The fourth-order valence-electron chi connectivity index (χ4n) is 3.36. The lowest BCUT2D eigenvalue weighted by molar-refractivity contribution is -0.120. The van der Waals surface area contributed by atoms with Crippen LogP contribution in [-0.4, -0.2) is 49.4 Å². The summed E-state index contributed by atoms with van der Waals surface area (Å²) in [6.07, 6.45) is 1.61. The number of hydrogen-bond donors (Lipinski definition) is 1. The van der Waals surface area contributed by atoms with Crippen LogP contribution in [0.2, 0.25) is 0 Å². The molecule has 1 N–H and O–H groups in total. The van der Waals surface area contributed by atoms with E-state index >= 15 is 0 Å². The summed E-state index contributed by atoms with van der Waals surface area (Å²) in [7, 11) is 1.63. The van der Waals surface area contributed by atoms with Gasteiger partial charge in [-0.15, -0.1) is 5.10 Å². The second-order valence-electron chi connectivity index (χ2n) is 7.06. The lowest BCUT2D eigenvalue weighted by Crippen LogP contribution is -2.47. The number of nitrogens with zero attached hydrogens (tertiary/aromatic N) is 6. The Morgan fingerprint density at radius 1 is 1.30 bits per heavy atom. The zero-order valence-electron chi connectivity index (χ0n) is 16.3. The molecule has 2 amide bonds. The van der Waals surface area contributed by atoms with Crippen molar-refractivity contribution in [3.8, 4) is 0 Å². The predicted octanol–water partition coefficient (Wildman–Crippen LogP) is 1.27. The van der Waals surface area contributed by atoms with Crippen molar-refractivity contribution < 1.29 is 18.4 Å². The number of anilines is 1. The maximum absolute atomic E-state index is 13.8. The van der Waals surface area contributed by atoms with E-state index in [4.69, 9.17) is 0 Å². The molecule has 4 rings (SSSR count). The zero-order chi connectivity index (χ0) is 21.4. The third-order valence-corrected chi connectivity index (χ3v) is 4.89. The molecule has 1 aliphatic heterocycles. The van der Waals surface area contributed by atoms with Crippen molar-refractivity contribution in [2.24, 2.45) is 0 Å². The van der Waals surface area contributed by atoms with Crippen molar-refractivity contribution in [1.29, 1.82) is 0 Å². The van der Waals surface area contributed by atoms with Crippen LogP contribution in [0.5, 0.6) is 0 Å². The van der Waals surface area contributed by atoms with E-state index in [9.17, 15) is 18.4 Å². The molecule has 0 radical (unpaired) electrons. The number of carbonyl (C=O) groups is 2. The third-order valence-electron chi connectivity index (χ3n) is 4.89. The fraction of sp³-hybridized carbons (Fsp3) is 0.316. The minimum atomic E-state index is -0.973. The van der Waals surface area contributed by atoms with Crippen LogP contribution in [0.3, 0.4) is 0 Å². The molecule has 1 aliphatic rings. The SMILES string of the molecule is Cc1cc2n(n1)CC[C@H](NC(=O)c1ncn(Cc3cccc(F)c3F)n1)C(=O)N2C. The number of aromatic nitrogens is 5. The zero-order valence-corrected chi connectivity index (χ0v) is 16.3. The molecule has 0 aliphatic carbocycles. The summed E-state index contributed by atoms with van der Waals surface area (Å²) in [4.78, 5) is 30.7. The number of amides is 2. The van der Waals surface area contributed by atoms with Crippen molar-refractivity contribution in [3.05, 3.63) is 59.3 Å². The Kier molecular flexibility index (Phi) is 5.02. The van der Waals surface area contributed by atoms with E-state index in [1.54, 1.807) is 17.8 Å². The number of likely N-dealkylation sites (N-methyl/N-ethyl adjacent to an activating group) is 1. The number of fused-ring (bicyclic) bond motifs is 1. The average molecular weight is 415 g/mol.